The molecule has 0 aliphatic heterocycles. The summed E-state index contributed by atoms with van der Waals surface area (Å²) in [5, 5.41) is 2.58. The monoisotopic (exact) mass is 348 g/mol. The molecule has 2 N–H and O–H groups in total. The molecule has 0 saturated carbocycles. The lowest BCUT2D eigenvalue weighted by atomic mass is 10.3. The summed E-state index contributed by atoms with van der Waals surface area (Å²) in [4.78, 5) is 11.9. The van der Waals surface area contributed by atoms with E-state index in [1.54, 1.807) is 12.1 Å². The summed E-state index contributed by atoms with van der Waals surface area (Å²) in [7, 11) is -3.76. The summed E-state index contributed by atoms with van der Waals surface area (Å²) in [6.07, 6.45) is 1.49. The van der Waals surface area contributed by atoms with Crippen molar-refractivity contribution in [2.45, 2.75) is 23.7 Å². The van der Waals surface area contributed by atoms with Crippen molar-refractivity contribution < 1.29 is 17.6 Å². The molecule has 0 spiro atoms. The molecule has 2 rings (SSSR count). The number of rotatable bonds is 6. The molecule has 1 amide bonds. The number of carbonyl (C=O) groups is 1. The molecular formula is C12H13ClN2O4S2. The van der Waals surface area contributed by atoms with Crippen LogP contribution in [0.3, 0.4) is 0 Å². The van der Waals surface area contributed by atoms with Crippen molar-refractivity contribution in [3.8, 4) is 0 Å². The van der Waals surface area contributed by atoms with Crippen LogP contribution >= 0.6 is 22.9 Å². The molecule has 2 aromatic heterocycles. The Morgan fingerprint density at radius 3 is 2.76 bits per heavy atom. The Hall–Kier alpha value is -1.35. The van der Waals surface area contributed by atoms with Crippen LogP contribution in [0.25, 0.3) is 0 Å². The highest BCUT2D eigenvalue weighted by molar-refractivity contribution is 7.91. The minimum atomic E-state index is -3.76. The Morgan fingerprint density at radius 1 is 1.43 bits per heavy atom. The Bertz CT molecular complexity index is 709. The van der Waals surface area contributed by atoms with E-state index in [2.05, 4.69) is 10.0 Å². The normalized spacial score (nSPS) is 13.0. The number of thiophene rings is 1. The molecular weight excluding hydrogens is 336 g/mol. The van der Waals surface area contributed by atoms with Gasteiger partial charge in [-0.15, -0.1) is 11.3 Å². The standard InChI is InChI=1S/C12H13ClN2O4S2/c1-8(12(16)14-7-9-3-2-6-19-9)15-21(17,18)11-5-4-10(13)20-11/h2-6,8,15H,7H2,1H3,(H,14,16)/t8-/m1/s1. The minimum Gasteiger partial charge on any atom is -0.467 e. The summed E-state index contributed by atoms with van der Waals surface area (Å²) < 4.78 is 31.9. The van der Waals surface area contributed by atoms with Gasteiger partial charge < -0.3 is 9.73 Å². The van der Waals surface area contributed by atoms with E-state index in [4.69, 9.17) is 16.0 Å². The van der Waals surface area contributed by atoms with Gasteiger partial charge in [-0.3, -0.25) is 4.79 Å². The SMILES string of the molecule is C[C@@H](NS(=O)(=O)c1ccc(Cl)s1)C(=O)NCc1ccco1. The van der Waals surface area contributed by atoms with Gasteiger partial charge in [0.15, 0.2) is 0 Å². The summed E-state index contributed by atoms with van der Waals surface area (Å²) in [5.74, 6) is 0.140. The zero-order valence-electron chi connectivity index (χ0n) is 11.0. The molecule has 0 bridgehead atoms. The fourth-order valence-corrected chi connectivity index (χ4v) is 4.23. The van der Waals surface area contributed by atoms with Crippen molar-refractivity contribution in [2.75, 3.05) is 0 Å². The Balaban J connectivity index is 1.93. The van der Waals surface area contributed by atoms with E-state index in [0.29, 0.717) is 10.1 Å². The average molecular weight is 349 g/mol. The largest absolute Gasteiger partial charge is 0.467 e. The van der Waals surface area contributed by atoms with Crippen molar-refractivity contribution >= 4 is 38.9 Å². The first kappa shape index (κ1) is 16.0. The van der Waals surface area contributed by atoms with Gasteiger partial charge in [-0.25, -0.2) is 8.42 Å². The van der Waals surface area contributed by atoms with Crippen LogP contribution in [0.1, 0.15) is 12.7 Å². The molecule has 21 heavy (non-hydrogen) atoms. The van der Waals surface area contributed by atoms with Gasteiger partial charge in [-0.05, 0) is 31.2 Å². The maximum Gasteiger partial charge on any atom is 0.250 e. The summed E-state index contributed by atoms with van der Waals surface area (Å²) in [5.41, 5.74) is 0. The Morgan fingerprint density at radius 2 is 2.19 bits per heavy atom. The lowest BCUT2D eigenvalue weighted by Crippen LogP contribution is -2.44. The van der Waals surface area contributed by atoms with Gasteiger partial charge in [0, 0.05) is 0 Å². The molecule has 114 valence electrons. The molecule has 6 nitrogen and oxygen atoms in total. The number of sulfonamides is 1. The smallest absolute Gasteiger partial charge is 0.250 e. The molecule has 0 radical (unpaired) electrons. The van der Waals surface area contributed by atoms with Crippen LogP contribution in [0.5, 0.6) is 0 Å². The second-order valence-electron chi connectivity index (χ2n) is 4.20. The second kappa shape index (κ2) is 6.61. The van der Waals surface area contributed by atoms with Gasteiger partial charge in [0.1, 0.15) is 9.97 Å². The van der Waals surface area contributed by atoms with Crippen LogP contribution in [-0.4, -0.2) is 20.4 Å². The number of amides is 1. The molecule has 1 atom stereocenters. The van der Waals surface area contributed by atoms with Crippen LogP contribution in [0.4, 0.5) is 0 Å². The van der Waals surface area contributed by atoms with Crippen molar-refractivity contribution in [1.82, 2.24) is 10.0 Å². The van der Waals surface area contributed by atoms with Crippen molar-refractivity contribution in [3.05, 3.63) is 40.6 Å². The molecule has 2 aromatic rings. The highest BCUT2D eigenvalue weighted by Crippen LogP contribution is 2.25. The Kier molecular flexibility index (Phi) is 5.04. The van der Waals surface area contributed by atoms with E-state index in [1.165, 1.54) is 25.3 Å². The number of hydrogen-bond donors (Lipinski definition) is 2. The Labute approximate surface area is 131 Å². The lowest BCUT2D eigenvalue weighted by molar-refractivity contribution is -0.122. The number of hydrogen-bond acceptors (Lipinski definition) is 5. The first-order valence-corrected chi connectivity index (χ1v) is 8.64. The second-order valence-corrected chi connectivity index (χ2v) is 7.85. The van der Waals surface area contributed by atoms with E-state index in [-0.39, 0.29) is 10.8 Å². The zero-order chi connectivity index (χ0) is 15.5. The predicted octanol–water partition coefficient (Wildman–Crippen LogP) is 1.98. The third kappa shape index (κ3) is 4.31. The molecule has 9 heteroatoms. The van der Waals surface area contributed by atoms with E-state index in [9.17, 15) is 13.2 Å². The fourth-order valence-electron chi connectivity index (χ4n) is 1.53. The third-order valence-corrected chi connectivity index (χ3v) is 5.82. The third-order valence-electron chi connectivity index (χ3n) is 2.56. The van der Waals surface area contributed by atoms with Gasteiger partial charge >= 0.3 is 0 Å². The zero-order valence-corrected chi connectivity index (χ0v) is 13.4. The topological polar surface area (TPSA) is 88.4 Å². The van der Waals surface area contributed by atoms with Gasteiger partial charge in [-0.1, -0.05) is 11.6 Å². The summed E-state index contributed by atoms with van der Waals surface area (Å²) in [6.45, 7) is 1.66. The number of carbonyl (C=O) groups excluding carboxylic acids is 1. The lowest BCUT2D eigenvalue weighted by Gasteiger charge is -2.13. The maximum atomic E-state index is 12.0. The molecule has 0 aliphatic rings. The van der Waals surface area contributed by atoms with E-state index in [0.717, 1.165) is 11.3 Å². The first-order chi connectivity index (χ1) is 9.88. The van der Waals surface area contributed by atoms with Crippen LogP contribution in [0.2, 0.25) is 4.34 Å². The molecule has 0 unspecified atom stereocenters. The van der Waals surface area contributed by atoms with Gasteiger partial charge in [0.25, 0.3) is 10.0 Å². The van der Waals surface area contributed by atoms with Crippen LogP contribution in [0.15, 0.2) is 39.2 Å². The number of furan rings is 1. The maximum absolute atomic E-state index is 12.0. The van der Waals surface area contributed by atoms with Gasteiger partial charge in [0.05, 0.1) is 23.2 Å². The van der Waals surface area contributed by atoms with E-state index < -0.39 is 22.0 Å². The number of halogens is 1. The summed E-state index contributed by atoms with van der Waals surface area (Å²) >= 11 is 6.64. The van der Waals surface area contributed by atoms with Crippen LogP contribution in [-0.2, 0) is 21.4 Å². The van der Waals surface area contributed by atoms with E-state index >= 15 is 0 Å². The van der Waals surface area contributed by atoms with Crippen molar-refractivity contribution in [3.63, 3.8) is 0 Å². The van der Waals surface area contributed by atoms with Crippen LogP contribution in [0, 0.1) is 0 Å². The highest BCUT2D eigenvalue weighted by Gasteiger charge is 2.23. The molecule has 0 aromatic carbocycles. The first-order valence-electron chi connectivity index (χ1n) is 5.96. The van der Waals surface area contributed by atoms with E-state index in [1.807, 2.05) is 0 Å². The van der Waals surface area contributed by atoms with Gasteiger partial charge in [-0.2, -0.15) is 4.72 Å². The number of nitrogens with one attached hydrogen (secondary N) is 2. The quantitative estimate of drug-likeness (QED) is 0.835. The fraction of sp³-hybridized carbons (Fsp3) is 0.250. The highest BCUT2D eigenvalue weighted by atomic mass is 35.5. The summed E-state index contributed by atoms with van der Waals surface area (Å²) in [6, 6.07) is 5.38. The predicted molar refractivity (Wildman–Crippen MR) is 79.7 cm³/mol. The molecule has 0 saturated heterocycles. The van der Waals surface area contributed by atoms with Gasteiger partial charge in [0.2, 0.25) is 5.91 Å². The minimum absolute atomic E-state index is 0.0678. The molecule has 0 aliphatic carbocycles. The van der Waals surface area contributed by atoms with Crippen molar-refractivity contribution in [2.24, 2.45) is 0 Å². The van der Waals surface area contributed by atoms with Crippen molar-refractivity contribution in [1.29, 1.82) is 0 Å². The molecule has 0 fully saturated rings. The average Bonchev–Trinajstić information content (AvgIpc) is 3.06. The molecule has 2 heterocycles. The van der Waals surface area contributed by atoms with Crippen LogP contribution < -0.4 is 10.0 Å².